The van der Waals surface area contributed by atoms with Gasteiger partial charge in [0, 0.05) is 26.2 Å². The first-order chi connectivity index (χ1) is 9.69. The molecule has 1 N–H and O–H groups in total. The molecule has 1 aliphatic rings. The highest BCUT2D eigenvalue weighted by atomic mass is 16.3. The molecule has 1 aliphatic heterocycles. The second-order valence-electron chi connectivity index (χ2n) is 5.66. The van der Waals surface area contributed by atoms with Crippen molar-refractivity contribution in [1.82, 2.24) is 9.80 Å². The fourth-order valence-electron chi connectivity index (χ4n) is 2.65. The van der Waals surface area contributed by atoms with Crippen molar-refractivity contribution in [2.45, 2.75) is 19.4 Å². The molecule has 2 rings (SSSR count). The van der Waals surface area contributed by atoms with Gasteiger partial charge in [0.25, 0.3) is 0 Å². The number of piperidine rings is 1. The van der Waals surface area contributed by atoms with Gasteiger partial charge in [-0.25, -0.2) is 0 Å². The van der Waals surface area contributed by atoms with Gasteiger partial charge in [0.15, 0.2) is 0 Å². The number of hydrogen-bond acceptors (Lipinski definition) is 3. The molecule has 0 saturated carbocycles. The van der Waals surface area contributed by atoms with E-state index in [-0.39, 0.29) is 12.5 Å². The highest BCUT2D eigenvalue weighted by Crippen LogP contribution is 2.16. The number of hydrogen-bond donors (Lipinski definition) is 1. The molecular formula is C16H24N2O2. The number of nitrogens with zero attached hydrogens (tertiary/aromatic N) is 2. The summed E-state index contributed by atoms with van der Waals surface area (Å²) in [7, 11) is 1.98. The largest absolute Gasteiger partial charge is 0.396 e. The third kappa shape index (κ3) is 4.32. The van der Waals surface area contributed by atoms with Gasteiger partial charge in [0.2, 0.25) is 5.91 Å². The van der Waals surface area contributed by atoms with Crippen molar-refractivity contribution in [3.05, 3.63) is 35.9 Å². The summed E-state index contributed by atoms with van der Waals surface area (Å²) in [5, 5.41) is 9.11. The Bertz CT molecular complexity index is 414. The van der Waals surface area contributed by atoms with Crippen molar-refractivity contribution in [3.8, 4) is 0 Å². The maximum absolute atomic E-state index is 12.2. The van der Waals surface area contributed by atoms with Crippen LogP contribution in [-0.2, 0) is 11.3 Å². The number of aliphatic hydroxyl groups is 1. The van der Waals surface area contributed by atoms with Gasteiger partial charge in [-0.05, 0) is 31.4 Å². The molecule has 0 spiro atoms. The maximum atomic E-state index is 12.2. The number of benzene rings is 1. The fraction of sp³-hybridized carbons (Fsp3) is 0.562. The molecule has 20 heavy (non-hydrogen) atoms. The Morgan fingerprint density at radius 2 is 1.95 bits per heavy atom. The molecule has 1 fully saturated rings. The third-order valence-electron chi connectivity index (χ3n) is 3.93. The normalized spacial score (nSPS) is 16.6. The summed E-state index contributed by atoms with van der Waals surface area (Å²) in [6.45, 7) is 3.06. The van der Waals surface area contributed by atoms with Gasteiger partial charge in [-0.3, -0.25) is 9.69 Å². The van der Waals surface area contributed by atoms with E-state index in [9.17, 15) is 4.79 Å². The molecule has 0 radical (unpaired) electrons. The van der Waals surface area contributed by atoms with Gasteiger partial charge < -0.3 is 10.0 Å². The average molecular weight is 276 g/mol. The minimum absolute atomic E-state index is 0.194. The first-order valence-corrected chi connectivity index (χ1v) is 7.30. The number of likely N-dealkylation sites (N-methyl/N-ethyl adjacent to an activating group) is 1. The maximum Gasteiger partial charge on any atom is 0.236 e. The van der Waals surface area contributed by atoms with E-state index in [1.165, 1.54) is 5.56 Å². The van der Waals surface area contributed by atoms with Crippen molar-refractivity contribution in [3.63, 3.8) is 0 Å². The summed E-state index contributed by atoms with van der Waals surface area (Å²) >= 11 is 0. The van der Waals surface area contributed by atoms with E-state index in [2.05, 4.69) is 17.0 Å². The van der Waals surface area contributed by atoms with Crippen LogP contribution in [-0.4, -0.2) is 54.1 Å². The Morgan fingerprint density at radius 1 is 1.30 bits per heavy atom. The van der Waals surface area contributed by atoms with Gasteiger partial charge in [-0.1, -0.05) is 30.3 Å². The zero-order valence-electron chi connectivity index (χ0n) is 12.2. The van der Waals surface area contributed by atoms with Gasteiger partial charge in [-0.15, -0.1) is 0 Å². The average Bonchev–Trinajstić information content (AvgIpc) is 2.48. The molecule has 0 aromatic heterocycles. The number of carbonyl (C=O) groups is 1. The fourth-order valence-corrected chi connectivity index (χ4v) is 2.65. The summed E-state index contributed by atoms with van der Waals surface area (Å²) in [5.74, 6) is 0.570. The number of rotatable bonds is 5. The van der Waals surface area contributed by atoms with Crippen LogP contribution in [0.3, 0.4) is 0 Å². The predicted molar refractivity (Wildman–Crippen MR) is 79.2 cm³/mol. The summed E-state index contributed by atoms with van der Waals surface area (Å²) in [6.07, 6.45) is 1.84. The highest BCUT2D eigenvalue weighted by Gasteiger charge is 2.22. The Balaban J connectivity index is 1.77. The summed E-state index contributed by atoms with van der Waals surface area (Å²) in [4.78, 5) is 16.2. The van der Waals surface area contributed by atoms with E-state index < -0.39 is 0 Å². The second kappa shape index (κ2) is 7.41. The van der Waals surface area contributed by atoms with E-state index in [0.29, 0.717) is 12.5 Å². The zero-order valence-corrected chi connectivity index (χ0v) is 12.2. The van der Waals surface area contributed by atoms with Crippen LogP contribution in [0, 0.1) is 5.92 Å². The molecule has 1 saturated heterocycles. The summed E-state index contributed by atoms with van der Waals surface area (Å²) in [6, 6.07) is 10.2. The molecule has 1 amide bonds. The molecule has 4 heteroatoms. The second-order valence-corrected chi connectivity index (χ2v) is 5.66. The van der Waals surface area contributed by atoms with Crippen molar-refractivity contribution in [1.29, 1.82) is 0 Å². The Morgan fingerprint density at radius 3 is 2.55 bits per heavy atom. The van der Waals surface area contributed by atoms with Gasteiger partial charge in [-0.2, -0.15) is 0 Å². The molecule has 0 bridgehead atoms. The number of carbonyl (C=O) groups excluding carboxylic acids is 1. The highest BCUT2D eigenvalue weighted by molar-refractivity contribution is 5.78. The van der Waals surface area contributed by atoms with Crippen molar-refractivity contribution in [2.24, 2.45) is 5.92 Å². The number of aliphatic hydroxyl groups excluding tert-OH is 1. The standard InChI is InChI=1S/C16H24N2O2/c1-17(11-14-5-3-2-4-6-14)12-16(20)18-9-7-15(13-19)8-10-18/h2-6,15,19H,7-13H2,1H3. The van der Waals surface area contributed by atoms with E-state index in [0.717, 1.165) is 32.5 Å². The number of likely N-dealkylation sites (tertiary alicyclic amines) is 1. The summed E-state index contributed by atoms with van der Waals surface area (Å²) in [5.41, 5.74) is 1.22. The Hall–Kier alpha value is -1.39. The quantitative estimate of drug-likeness (QED) is 0.883. The lowest BCUT2D eigenvalue weighted by Gasteiger charge is -2.32. The first kappa shape index (κ1) is 15.0. The first-order valence-electron chi connectivity index (χ1n) is 7.30. The van der Waals surface area contributed by atoms with Crippen LogP contribution >= 0.6 is 0 Å². The van der Waals surface area contributed by atoms with Crippen molar-refractivity contribution >= 4 is 5.91 Å². The Kier molecular flexibility index (Phi) is 5.56. The monoisotopic (exact) mass is 276 g/mol. The third-order valence-corrected chi connectivity index (χ3v) is 3.93. The molecular weight excluding hydrogens is 252 g/mol. The lowest BCUT2D eigenvalue weighted by Crippen LogP contribution is -2.43. The zero-order chi connectivity index (χ0) is 14.4. The minimum Gasteiger partial charge on any atom is -0.396 e. The van der Waals surface area contributed by atoms with E-state index in [1.807, 2.05) is 30.1 Å². The van der Waals surface area contributed by atoms with Crippen molar-refractivity contribution in [2.75, 3.05) is 33.3 Å². The van der Waals surface area contributed by atoms with Crippen LogP contribution in [0.5, 0.6) is 0 Å². The minimum atomic E-state index is 0.194. The predicted octanol–water partition coefficient (Wildman–Crippen LogP) is 1.35. The van der Waals surface area contributed by atoms with E-state index >= 15 is 0 Å². The topological polar surface area (TPSA) is 43.8 Å². The van der Waals surface area contributed by atoms with Gasteiger partial charge in [0.1, 0.15) is 0 Å². The molecule has 1 aromatic rings. The SMILES string of the molecule is CN(CC(=O)N1CCC(CO)CC1)Cc1ccccc1. The molecule has 0 unspecified atom stereocenters. The van der Waals surface area contributed by atoms with E-state index in [1.54, 1.807) is 0 Å². The van der Waals surface area contributed by atoms with Crippen LogP contribution in [0.2, 0.25) is 0 Å². The van der Waals surface area contributed by atoms with Crippen LogP contribution in [0.1, 0.15) is 18.4 Å². The molecule has 1 heterocycles. The van der Waals surface area contributed by atoms with Crippen molar-refractivity contribution < 1.29 is 9.90 Å². The van der Waals surface area contributed by atoms with Crippen LogP contribution < -0.4 is 0 Å². The van der Waals surface area contributed by atoms with Gasteiger partial charge >= 0.3 is 0 Å². The molecule has 0 aliphatic carbocycles. The van der Waals surface area contributed by atoms with Crippen LogP contribution in [0.25, 0.3) is 0 Å². The Labute approximate surface area is 121 Å². The molecule has 1 aromatic carbocycles. The van der Waals surface area contributed by atoms with E-state index in [4.69, 9.17) is 5.11 Å². The smallest absolute Gasteiger partial charge is 0.236 e. The molecule has 0 atom stereocenters. The molecule has 4 nitrogen and oxygen atoms in total. The number of amides is 1. The summed E-state index contributed by atoms with van der Waals surface area (Å²) < 4.78 is 0. The van der Waals surface area contributed by atoms with Crippen LogP contribution in [0.4, 0.5) is 0 Å². The lowest BCUT2D eigenvalue weighted by atomic mass is 9.98. The lowest BCUT2D eigenvalue weighted by molar-refractivity contribution is -0.133. The molecule has 110 valence electrons. The van der Waals surface area contributed by atoms with Gasteiger partial charge in [0.05, 0.1) is 6.54 Å². The van der Waals surface area contributed by atoms with Crippen LogP contribution in [0.15, 0.2) is 30.3 Å².